The summed E-state index contributed by atoms with van der Waals surface area (Å²) in [6, 6.07) is -3.34. The lowest BCUT2D eigenvalue weighted by molar-refractivity contribution is -0.133. The number of carbonyl (C=O) groups excluding carboxylic acids is 4. The summed E-state index contributed by atoms with van der Waals surface area (Å²) in [6.07, 6.45) is 7.18. The van der Waals surface area contributed by atoms with Gasteiger partial charge in [-0.05, 0) is 30.7 Å². The fraction of sp³-hybridized carbons (Fsp3) is 0.645. The number of azide groups is 1. The average molecular weight is 733 g/mol. The minimum atomic E-state index is -1.35. The molecule has 286 valence electrons. The molecule has 0 aliphatic carbocycles. The fourth-order valence-electron chi connectivity index (χ4n) is 4.66. The summed E-state index contributed by atoms with van der Waals surface area (Å²) in [5, 5.41) is 11.0. The number of ether oxygens (including phenoxy) is 4. The second-order valence-corrected chi connectivity index (χ2v) is 11.5. The minimum Gasteiger partial charge on any atom is -0.463 e. The third kappa shape index (κ3) is 13.7. The molecule has 2 unspecified atom stereocenters. The summed E-state index contributed by atoms with van der Waals surface area (Å²) in [5.41, 5.74) is 18.6. The summed E-state index contributed by atoms with van der Waals surface area (Å²) in [7, 11) is 0. The monoisotopic (exact) mass is 732 g/mol. The summed E-state index contributed by atoms with van der Waals surface area (Å²) in [4.78, 5) is 76.4. The highest BCUT2D eigenvalue weighted by Crippen LogP contribution is 2.21. The first-order valence-corrected chi connectivity index (χ1v) is 16.7. The molecule has 52 heavy (non-hydrogen) atoms. The van der Waals surface area contributed by atoms with Crippen LogP contribution in [0, 0.1) is 18.3 Å². The lowest BCUT2D eigenvalue weighted by Crippen LogP contribution is -2.55. The van der Waals surface area contributed by atoms with Gasteiger partial charge in [0.25, 0.3) is 5.91 Å². The highest BCUT2D eigenvalue weighted by molar-refractivity contribution is 5.98. The molecular weight excluding hydrogens is 684 g/mol. The van der Waals surface area contributed by atoms with Crippen LogP contribution in [0.1, 0.15) is 51.2 Å². The molecule has 0 aromatic carbocycles. The van der Waals surface area contributed by atoms with Crippen LogP contribution < -0.4 is 37.8 Å². The first-order chi connectivity index (χ1) is 25.0. The van der Waals surface area contributed by atoms with E-state index in [-0.39, 0.29) is 95.1 Å². The molecule has 2 rings (SSSR count). The molecule has 21 nitrogen and oxygen atoms in total. The van der Waals surface area contributed by atoms with Crippen LogP contribution in [0.2, 0.25) is 0 Å². The van der Waals surface area contributed by atoms with Crippen molar-refractivity contribution >= 4 is 40.7 Å². The number of unbranched alkanes of at least 4 members (excludes halogenated alkanes) is 1. The average Bonchev–Trinajstić information content (AvgIpc) is 3.38. The van der Waals surface area contributed by atoms with E-state index in [9.17, 15) is 24.0 Å². The van der Waals surface area contributed by atoms with Gasteiger partial charge < -0.3 is 46.4 Å². The molecule has 0 aliphatic rings. The van der Waals surface area contributed by atoms with Crippen molar-refractivity contribution in [3.63, 3.8) is 0 Å². The number of terminal acetylenes is 1. The lowest BCUT2D eigenvalue weighted by Gasteiger charge is -2.25. The van der Waals surface area contributed by atoms with Crippen LogP contribution in [0.3, 0.4) is 0 Å². The number of anilines is 1. The first-order valence-electron chi connectivity index (χ1n) is 16.7. The summed E-state index contributed by atoms with van der Waals surface area (Å²) in [5.74, 6) is -0.508. The number of imidazole rings is 1. The SMILES string of the molecule is C#CCn1c(=O)n(C(=O)C(CCCNC(N)=O)NC(=O)C(NC(=O)COCCOCCOCCN=[N+]=[N-])C(C)C)c2c(N)nc(OCCCC)nc21. The van der Waals surface area contributed by atoms with E-state index in [1.807, 2.05) is 6.92 Å². The van der Waals surface area contributed by atoms with Crippen molar-refractivity contribution in [3.8, 4) is 18.4 Å². The topological polar surface area (TPSA) is 295 Å². The number of fused-ring (bicyclic) bond motifs is 1. The fourth-order valence-corrected chi connectivity index (χ4v) is 4.66. The molecule has 2 aromatic rings. The molecule has 2 atom stereocenters. The second kappa shape index (κ2) is 23.1. The molecule has 2 aromatic heterocycles. The number of nitrogens with one attached hydrogen (secondary N) is 3. The van der Waals surface area contributed by atoms with Gasteiger partial charge in [0, 0.05) is 18.0 Å². The van der Waals surface area contributed by atoms with Crippen molar-refractivity contribution < 1.29 is 38.1 Å². The van der Waals surface area contributed by atoms with E-state index in [1.54, 1.807) is 13.8 Å². The van der Waals surface area contributed by atoms with E-state index in [0.717, 1.165) is 15.6 Å². The van der Waals surface area contributed by atoms with Gasteiger partial charge in [-0.3, -0.25) is 19.0 Å². The van der Waals surface area contributed by atoms with Gasteiger partial charge in [0.1, 0.15) is 24.2 Å². The Bertz CT molecular complexity index is 1650. The molecule has 0 saturated heterocycles. The Morgan fingerprint density at radius 3 is 2.37 bits per heavy atom. The molecule has 0 spiro atoms. The summed E-state index contributed by atoms with van der Waals surface area (Å²) >= 11 is 0. The van der Waals surface area contributed by atoms with E-state index in [2.05, 4.69) is 41.9 Å². The largest absolute Gasteiger partial charge is 0.463 e. The highest BCUT2D eigenvalue weighted by Gasteiger charge is 2.32. The van der Waals surface area contributed by atoms with Gasteiger partial charge >= 0.3 is 17.7 Å². The van der Waals surface area contributed by atoms with Crippen LogP contribution in [0.5, 0.6) is 6.01 Å². The zero-order chi connectivity index (χ0) is 38.5. The summed E-state index contributed by atoms with van der Waals surface area (Å²) < 4.78 is 23.3. The van der Waals surface area contributed by atoms with Gasteiger partial charge in [-0.25, -0.2) is 14.2 Å². The number of carbonyl (C=O) groups is 4. The van der Waals surface area contributed by atoms with Crippen LogP contribution in [0.15, 0.2) is 9.91 Å². The van der Waals surface area contributed by atoms with Gasteiger partial charge in [0.05, 0.1) is 46.2 Å². The quantitative estimate of drug-likeness (QED) is 0.0298. The van der Waals surface area contributed by atoms with Crippen LogP contribution >= 0.6 is 0 Å². The maximum Gasteiger partial charge on any atom is 0.338 e. The number of aromatic nitrogens is 4. The minimum absolute atomic E-state index is 0.0379. The van der Waals surface area contributed by atoms with Gasteiger partial charge in [-0.15, -0.1) is 6.42 Å². The number of nitrogens with zero attached hydrogens (tertiary/aromatic N) is 7. The number of nitrogen functional groups attached to an aromatic ring is 1. The highest BCUT2D eigenvalue weighted by atomic mass is 16.5. The predicted octanol–water partition coefficient (Wildman–Crippen LogP) is 0.0617. The first kappa shape index (κ1) is 42.7. The maximum atomic E-state index is 14.1. The lowest BCUT2D eigenvalue weighted by atomic mass is 10.0. The van der Waals surface area contributed by atoms with Crippen LogP contribution in [0.4, 0.5) is 10.6 Å². The molecular formula is C31H48N12O9. The van der Waals surface area contributed by atoms with Gasteiger partial charge in [0.15, 0.2) is 11.5 Å². The standard InChI is InChI=1S/C31H48N12O9/c1-5-7-13-52-30-39-25(32)24-26(40-30)42(12-6-2)31(48)43(24)28(46)21(9-8-10-35-29(33)47)37-27(45)23(20(3)4)38-22(44)19-51-18-17-50-16-15-49-14-11-36-41-34/h2,20-21,23H,5,7-19H2,1,3-4H3,(H,37,45)(H,38,44)(H2,32,39,40)(H3,33,35,47). The number of hydrogen-bond acceptors (Lipinski definition) is 13. The van der Waals surface area contributed by atoms with E-state index >= 15 is 0 Å². The molecule has 0 aliphatic heterocycles. The molecule has 21 heteroatoms. The molecule has 7 N–H and O–H groups in total. The van der Waals surface area contributed by atoms with Crippen LogP contribution in [-0.2, 0) is 30.3 Å². The van der Waals surface area contributed by atoms with Gasteiger partial charge in [-0.2, -0.15) is 9.97 Å². The van der Waals surface area contributed by atoms with Crippen molar-refractivity contribution in [2.75, 3.05) is 65.1 Å². The van der Waals surface area contributed by atoms with Crippen LogP contribution in [0.25, 0.3) is 21.6 Å². The molecule has 0 saturated carbocycles. The number of primary amides is 1. The Morgan fingerprint density at radius 1 is 1.04 bits per heavy atom. The van der Waals surface area contributed by atoms with Crippen molar-refractivity contribution in [1.82, 2.24) is 35.1 Å². The van der Waals surface area contributed by atoms with E-state index in [4.69, 9.17) is 42.4 Å². The number of hydrogen-bond donors (Lipinski definition) is 5. The van der Waals surface area contributed by atoms with Crippen LogP contribution in [-0.4, -0.2) is 114 Å². The summed E-state index contributed by atoms with van der Waals surface area (Å²) in [6.45, 7) is 6.37. The Labute approximate surface area is 300 Å². The molecule has 0 fully saturated rings. The second-order valence-electron chi connectivity index (χ2n) is 11.5. The van der Waals surface area contributed by atoms with E-state index < -0.39 is 47.4 Å². The Hall–Kier alpha value is -5.42. The Balaban J connectivity index is 2.21. The number of rotatable bonds is 25. The van der Waals surface area contributed by atoms with Crippen molar-refractivity contribution in [2.45, 2.75) is 65.1 Å². The van der Waals surface area contributed by atoms with E-state index in [0.29, 0.717) is 13.0 Å². The van der Waals surface area contributed by atoms with Crippen molar-refractivity contribution in [2.24, 2.45) is 16.8 Å². The van der Waals surface area contributed by atoms with Crippen molar-refractivity contribution in [1.29, 1.82) is 0 Å². The van der Waals surface area contributed by atoms with E-state index in [1.165, 1.54) is 0 Å². The third-order valence-corrected chi connectivity index (χ3v) is 7.20. The normalized spacial score (nSPS) is 12.1. The van der Waals surface area contributed by atoms with Gasteiger partial charge in [0.2, 0.25) is 11.8 Å². The molecule has 0 radical (unpaired) electrons. The zero-order valence-corrected chi connectivity index (χ0v) is 29.7. The molecule has 0 bridgehead atoms. The number of urea groups is 1. The number of nitrogens with two attached hydrogens (primary N) is 2. The van der Waals surface area contributed by atoms with Crippen molar-refractivity contribution in [3.05, 3.63) is 20.9 Å². The van der Waals surface area contributed by atoms with Gasteiger partial charge in [-0.1, -0.05) is 38.2 Å². The third-order valence-electron chi connectivity index (χ3n) is 7.20. The smallest absolute Gasteiger partial charge is 0.338 e. The maximum absolute atomic E-state index is 14.1. The Morgan fingerprint density at radius 2 is 1.73 bits per heavy atom. The Kier molecular flexibility index (Phi) is 19.0. The molecule has 2 heterocycles. The zero-order valence-electron chi connectivity index (χ0n) is 29.7. The molecule has 4 amide bonds. The number of amides is 4. The predicted molar refractivity (Wildman–Crippen MR) is 188 cm³/mol.